The van der Waals surface area contributed by atoms with Crippen LogP contribution in [0.15, 0.2) is 18.2 Å². The maximum absolute atomic E-state index is 8.75. The molecule has 0 atom stereocenters. The molecule has 0 aliphatic heterocycles. The largest absolute Gasteiger partial charge is 0.377 e. The fraction of sp³-hybridized carbons (Fsp3) is 0.167. The Labute approximate surface area is 119 Å². The van der Waals surface area contributed by atoms with Crippen LogP contribution < -0.4 is 5.32 Å². The molecule has 0 saturated heterocycles. The number of halogens is 2. The first-order valence-electron chi connectivity index (χ1n) is 5.15. The molecule has 2 heterocycles. The zero-order valence-electron chi connectivity index (χ0n) is 9.50. The summed E-state index contributed by atoms with van der Waals surface area (Å²) in [6.45, 7) is 2.52. The maximum atomic E-state index is 8.75. The lowest BCUT2D eigenvalue weighted by molar-refractivity contribution is 1.16. The lowest BCUT2D eigenvalue weighted by atomic mass is 10.2. The van der Waals surface area contributed by atoms with Gasteiger partial charge in [-0.2, -0.15) is 5.26 Å². The molecule has 0 bridgehead atoms. The number of nitrogens with zero attached hydrogens (tertiary/aromatic N) is 2. The van der Waals surface area contributed by atoms with Crippen LogP contribution >= 0.6 is 34.5 Å². The van der Waals surface area contributed by atoms with Crippen LogP contribution in [0.3, 0.4) is 0 Å². The third-order valence-corrected chi connectivity index (χ3v) is 3.81. The second-order valence-corrected chi connectivity index (χ2v) is 5.57. The van der Waals surface area contributed by atoms with Crippen LogP contribution in [0.5, 0.6) is 0 Å². The molecule has 0 saturated carbocycles. The van der Waals surface area contributed by atoms with Crippen LogP contribution in [-0.2, 0) is 6.54 Å². The van der Waals surface area contributed by atoms with Crippen molar-refractivity contribution in [1.82, 2.24) is 4.98 Å². The number of thiophene rings is 1. The number of aryl methyl sites for hydroxylation is 1. The smallest absolute Gasteiger partial charge is 0.154 e. The van der Waals surface area contributed by atoms with E-state index in [4.69, 9.17) is 28.5 Å². The van der Waals surface area contributed by atoms with E-state index in [2.05, 4.69) is 16.4 Å². The summed E-state index contributed by atoms with van der Waals surface area (Å²) in [4.78, 5) is 5.75. The van der Waals surface area contributed by atoms with Crippen LogP contribution in [-0.4, -0.2) is 4.98 Å². The molecule has 1 N–H and O–H groups in total. The number of hydrogen-bond donors (Lipinski definition) is 1. The van der Waals surface area contributed by atoms with Gasteiger partial charge in [-0.05, 0) is 30.7 Å². The number of rotatable bonds is 3. The van der Waals surface area contributed by atoms with E-state index in [-0.39, 0.29) is 0 Å². The van der Waals surface area contributed by atoms with Crippen LogP contribution in [0.4, 0.5) is 5.69 Å². The van der Waals surface area contributed by atoms with E-state index in [0.717, 1.165) is 16.1 Å². The molecule has 6 heteroatoms. The van der Waals surface area contributed by atoms with Crippen molar-refractivity contribution in [2.24, 2.45) is 0 Å². The first-order valence-corrected chi connectivity index (χ1v) is 6.72. The molecule has 3 nitrogen and oxygen atoms in total. The molecule has 0 unspecified atom stereocenters. The van der Waals surface area contributed by atoms with Gasteiger partial charge < -0.3 is 5.32 Å². The molecule has 18 heavy (non-hydrogen) atoms. The summed E-state index contributed by atoms with van der Waals surface area (Å²) in [5.41, 5.74) is 1.71. The van der Waals surface area contributed by atoms with Crippen molar-refractivity contribution < 1.29 is 0 Å². The van der Waals surface area contributed by atoms with E-state index in [1.807, 2.05) is 13.0 Å². The van der Waals surface area contributed by atoms with Crippen molar-refractivity contribution >= 4 is 40.2 Å². The molecular formula is C12H9Cl2N3S. The number of hydrogen-bond acceptors (Lipinski definition) is 4. The minimum absolute atomic E-state index is 0.358. The van der Waals surface area contributed by atoms with Crippen molar-refractivity contribution in [2.45, 2.75) is 13.5 Å². The predicted molar refractivity (Wildman–Crippen MR) is 75.4 cm³/mol. The van der Waals surface area contributed by atoms with E-state index in [1.54, 1.807) is 12.1 Å². The summed E-state index contributed by atoms with van der Waals surface area (Å²) in [5, 5.41) is 12.7. The van der Waals surface area contributed by atoms with Crippen LogP contribution in [0.1, 0.15) is 15.3 Å². The third kappa shape index (κ3) is 2.94. The summed E-state index contributed by atoms with van der Waals surface area (Å²) in [6.07, 6.45) is 0. The SMILES string of the molecule is Cc1cc(Cl)nc(Cl)c1NCc1ccc(C#N)s1. The van der Waals surface area contributed by atoms with E-state index >= 15 is 0 Å². The van der Waals surface area contributed by atoms with E-state index in [1.165, 1.54) is 11.3 Å². The summed E-state index contributed by atoms with van der Waals surface area (Å²) in [6, 6.07) is 7.59. The summed E-state index contributed by atoms with van der Waals surface area (Å²) in [5.74, 6) is 0. The van der Waals surface area contributed by atoms with Crippen molar-refractivity contribution in [3.8, 4) is 6.07 Å². The van der Waals surface area contributed by atoms with Crippen LogP contribution in [0, 0.1) is 18.3 Å². The Kier molecular flexibility index (Phi) is 4.07. The Hall–Kier alpha value is -1.28. The van der Waals surface area contributed by atoms with Gasteiger partial charge in [-0.1, -0.05) is 23.2 Å². The van der Waals surface area contributed by atoms with Crippen molar-refractivity contribution in [3.63, 3.8) is 0 Å². The van der Waals surface area contributed by atoms with E-state index < -0.39 is 0 Å². The normalized spacial score (nSPS) is 10.1. The second-order valence-electron chi connectivity index (χ2n) is 3.66. The topological polar surface area (TPSA) is 48.7 Å². The molecule has 2 rings (SSSR count). The number of anilines is 1. The molecular weight excluding hydrogens is 289 g/mol. The van der Waals surface area contributed by atoms with Gasteiger partial charge in [0.25, 0.3) is 0 Å². The Morgan fingerprint density at radius 3 is 2.83 bits per heavy atom. The average Bonchev–Trinajstić information content (AvgIpc) is 2.75. The Balaban J connectivity index is 2.13. The van der Waals surface area contributed by atoms with Gasteiger partial charge in [-0.15, -0.1) is 11.3 Å². The minimum atomic E-state index is 0.358. The van der Waals surface area contributed by atoms with Crippen molar-refractivity contribution in [1.29, 1.82) is 5.26 Å². The highest BCUT2D eigenvalue weighted by atomic mass is 35.5. The predicted octanol–water partition coefficient (Wildman–Crippen LogP) is 4.24. The van der Waals surface area contributed by atoms with Gasteiger partial charge in [0, 0.05) is 11.4 Å². The van der Waals surface area contributed by atoms with E-state index in [0.29, 0.717) is 21.7 Å². The molecule has 2 aromatic rings. The van der Waals surface area contributed by atoms with Gasteiger partial charge >= 0.3 is 0 Å². The number of nitrogens with one attached hydrogen (secondary N) is 1. The van der Waals surface area contributed by atoms with Gasteiger partial charge in [0.1, 0.15) is 16.1 Å². The first kappa shape index (κ1) is 13.2. The van der Waals surface area contributed by atoms with Gasteiger partial charge in [0.15, 0.2) is 5.15 Å². The summed E-state index contributed by atoms with van der Waals surface area (Å²) in [7, 11) is 0. The molecule has 2 aromatic heterocycles. The Morgan fingerprint density at radius 1 is 1.44 bits per heavy atom. The maximum Gasteiger partial charge on any atom is 0.154 e. The molecule has 0 spiro atoms. The summed E-state index contributed by atoms with van der Waals surface area (Å²) >= 11 is 13.3. The number of pyridine rings is 1. The quantitative estimate of drug-likeness (QED) is 0.862. The molecule has 0 aromatic carbocycles. The lowest BCUT2D eigenvalue weighted by Gasteiger charge is -2.10. The highest BCUT2D eigenvalue weighted by Crippen LogP contribution is 2.27. The second kappa shape index (κ2) is 5.57. The van der Waals surface area contributed by atoms with Crippen LogP contribution in [0.25, 0.3) is 0 Å². The third-order valence-electron chi connectivity index (χ3n) is 2.35. The molecule has 92 valence electrons. The molecule has 0 fully saturated rings. The lowest BCUT2D eigenvalue weighted by Crippen LogP contribution is -2.01. The molecule has 0 aliphatic carbocycles. The van der Waals surface area contributed by atoms with Gasteiger partial charge in [0.05, 0.1) is 5.69 Å². The average molecular weight is 298 g/mol. The minimum Gasteiger partial charge on any atom is -0.377 e. The fourth-order valence-corrected chi connectivity index (χ4v) is 2.86. The van der Waals surface area contributed by atoms with Gasteiger partial charge in [-0.25, -0.2) is 4.98 Å². The van der Waals surface area contributed by atoms with E-state index in [9.17, 15) is 0 Å². The highest BCUT2D eigenvalue weighted by Gasteiger charge is 2.08. The Morgan fingerprint density at radius 2 is 2.22 bits per heavy atom. The number of nitriles is 1. The van der Waals surface area contributed by atoms with Crippen LogP contribution in [0.2, 0.25) is 10.3 Å². The molecule has 0 aliphatic rings. The van der Waals surface area contributed by atoms with Crippen molar-refractivity contribution in [2.75, 3.05) is 5.32 Å². The first-order chi connectivity index (χ1) is 8.60. The highest BCUT2D eigenvalue weighted by molar-refractivity contribution is 7.12. The zero-order chi connectivity index (χ0) is 13.1. The monoisotopic (exact) mass is 297 g/mol. The number of aromatic nitrogens is 1. The molecule has 0 radical (unpaired) electrons. The summed E-state index contributed by atoms with van der Waals surface area (Å²) < 4.78 is 0. The van der Waals surface area contributed by atoms with Gasteiger partial charge in [0.2, 0.25) is 0 Å². The standard InChI is InChI=1S/C12H9Cl2N3S/c1-7-4-10(13)17-12(14)11(7)16-6-9-3-2-8(5-15)18-9/h2-4,16H,6H2,1H3. The van der Waals surface area contributed by atoms with Gasteiger partial charge in [-0.3, -0.25) is 0 Å². The Bertz CT molecular complexity index is 593. The van der Waals surface area contributed by atoms with Crippen molar-refractivity contribution in [3.05, 3.63) is 43.8 Å². The fourth-order valence-electron chi connectivity index (χ4n) is 1.52. The molecule has 0 amide bonds. The zero-order valence-corrected chi connectivity index (χ0v) is 11.8.